The molecular weight excluding hydrogens is 216 g/mol. The molecule has 0 amide bonds. The summed E-state index contributed by atoms with van der Waals surface area (Å²) in [6, 6.07) is 8.86. The Morgan fingerprint density at radius 3 is 2.47 bits per heavy atom. The molecule has 15 heavy (non-hydrogen) atoms. The predicted octanol–water partition coefficient (Wildman–Crippen LogP) is -0.226. The Kier molecular flexibility index (Phi) is 4.22. The highest BCUT2D eigenvalue weighted by atomic mass is 32.2. The Morgan fingerprint density at radius 2 is 1.93 bits per heavy atom. The molecule has 6 heteroatoms. The second-order valence-corrected chi connectivity index (χ2v) is 4.69. The lowest BCUT2D eigenvalue weighted by atomic mass is 10.1. The van der Waals surface area contributed by atoms with Crippen LogP contribution in [-0.4, -0.2) is 27.1 Å². The highest BCUT2D eigenvalue weighted by Crippen LogP contribution is 2.10. The monoisotopic (exact) mass is 230 g/mol. The van der Waals surface area contributed by atoms with Crippen molar-refractivity contribution < 1.29 is 13.5 Å². The fraction of sp³-hybridized carbons (Fsp3) is 0.333. The van der Waals surface area contributed by atoms with Crippen molar-refractivity contribution in [3.8, 4) is 0 Å². The Balaban J connectivity index is 2.54. The van der Waals surface area contributed by atoms with Crippen LogP contribution in [0.5, 0.6) is 0 Å². The van der Waals surface area contributed by atoms with E-state index in [2.05, 4.69) is 9.44 Å². The van der Waals surface area contributed by atoms with E-state index in [0.29, 0.717) is 5.56 Å². The van der Waals surface area contributed by atoms with Crippen LogP contribution in [0.15, 0.2) is 30.3 Å². The summed E-state index contributed by atoms with van der Waals surface area (Å²) in [5, 5.41) is 9.62. The van der Waals surface area contributed by atoms with Gasteiger partial charge in [0.25, 0.3) is 10.2 Å². The van der Waals surface area contributed by atoms with Crippen LogP contribution in [0.4, 0.5) is 0 Å². The number of hydrogen-bond donors (Lipinski definition) is 3. The van der Waals surface area contributed by atoms with Crippen molar-refractivity contribution >= 4 is 10.2 Å². The van der Waals surface area contributed by atoms with E-state index in [1.165, 1.54) is 7.05 Å². The summed E-state index contributed by atoms with van der Waals surface area (Å²) in [6.07, 6.45) is -0.839. The third kappa shape index (κ3) is 3.96. The van der Waals surface area contributed by atoms with E-state index >= 15 is 0 Å². The minimum atomic E-state index is -3.48. The van der Waals surface area contributed by atoms with Crippen LogP contribution >= 0.6 is 0 Å². The van der Waals surface area contributed by atoms with Gasteiger partial charge in [-0.25, -0.2) is 4.72 Å². The first-order valence-corrected chi connectivity index (χ1v) is 5.94. The van der Waals surface area contributed by atoms with E-state index in [9.17, 15) is 13.5 Å². The summed E-state index contributed by atoms with van der Waals surface area (Å²) in [7, 11) is -2.18. The molecule has 1 aromatic carbocycles. The SMILES string of the molecule is CNS(=O)(=O)NC[C@H](O)c1ccccc1. The molecule has 5 nitrogen and oxygen atoms in total. The van der Waals surface area contributed by atoms with E-state index in [0.717, 1.165) is 0 Å². The molecule has 0 aliphatic heterocycles. The lowest BCUT2D eigenvalue weighted by Crippen LogP contribution is -2.36. The van der Waals surface area contributed by atoms with E-state index < -0.39 is 16.3 Å². The first-order valence-electron chi connectivity index (χ1n) is 4.46. The number of nitrogens with one attached hydrogen (secondary N) is 2. The number of rotatable bonds is 5. The van der Waals surface area contributed by atoms with Crippen LogP contribution in [0, 0.1) is 0 Å². The van der Waals surface area contributed by atoms with Gasteiger partial charge in [0.05, 0.1) is 6.10 Å². The number of aliphatic hydroxyl groups excluding tert-OH is 1. The molecule has 84 valence electrons. The van der Waals surface area contributed by atoms with E-state index in [4.69, 9.17) is 0 Å². The van der Waals surface area contributed by atoms with Crippen molar-refractivity contribution in [1.82, 2.24) is 9.44 Å². The third-order valence-corrected chi connectivity index (χ3v) is 3.00. The van der Waals surface area contributed by atoms with Crippen molar-refractivity contribution in [1.29, 1.82) is 0 Å². The van der Waals surface area contributed by atoms with Gasteiger partial charge in [0, 0.05) is 13.6 Å². The van der Waals surface area contributed by atoms with Crippen molar-refractivity contribution in [2.75, 3.05) is 13.6 Å². The zero-order valence-electron chi connectivity index (χ0n) is 8.34. The molecule has 0 saturated heterocycles. The maximum atomic E-state index is 11.0. The molecule has 0 aliphatic rings. The van der Waals surface area contributed by atoms with Gasteiger partial charge >= 0.3 is 0 Å². The maximum absolute atomic E-state index is 11.0. The summed E-state index contributed by atoms with van der Waals surface area (Å²) in [5.74, 6) is 0. The third-order valence-electron chi connectivity index (χ3n) is 1.92. The molecule has 1 rings (SSSR count). The van der Waals surface area contributed by atoms with Crippen molar-refractivity contribution in [2.24, 2.45) is 0 Å². The molecule has 3 N–H and O–H groups in total. The summed E-state index contributed by atoms with van der Waals surface area (Å²) in [5.41, 5.74) is 0.677. The minimum Gasteiger partial charge on any atom is -0.387 e. The molecule has 0 unspecified atom stereocenters. The molecule has 0 aromatic heterocycles. The number of hydrogen-bond acceptors (Lipinski definition) is 3. The van der Waals surface area contributed by atoms with Crippen LogP contribution in [-0.2, 0) is 10.2 Å². The standard InChI is InChI=1S/C9H14N2O3S/c1-10-15(13,14)11-7-9(12)8-5-3-2-4-6-8/h2-6,9-12H,7H2,1H3/t9-/m0/s1. The molecule has 0 bridgehead atoms. The zero-order valence-corrected chi connectivity index (χ0v) is 9.16. The van der Waals surface area contributed by atoms with Gasteiger partial charge in [-0.1, -0.05) is 30.3 Å². The van der Waals surface area contributed by atoms with Gasteiger partial charge in [-0.15, -0.1) is 0 Å². The number of benzene rings is 1. The van der Waals surface area contributed by atoms with Gasteiger partial charge in [0.2, 0.25) is 0 Å². The fourth-order valence-corrected chi connectivity index (χ4v) is 1.58. The number of aliphatic hydroxyl groups is 1. The smallest absolute Gasteiger partial charge is 0.276 e. The van der Waals surface area contributed by atoms with E-state index in [-0.39, 0.29) is 6.54 Å². The Morgan fingerprint density at radius 1 is 1.33 bits per heavy atom. The summed E-state index contributed by atoms with van der Waals surface area (Å²) >= 11 is 0. The summed E-state index contributed by atoms with van der Waals surface area (Å²) in [6.45, 7) is -0.0484. The second-order valence-electron chi connectivity index (χ2n) is 2.98. The molecule has 0 fully saturated rings. The molecule has 0 radical (unpaired) electrons. The lowest BCUT2D eigenvalue weighted by molar-refractivity contribution is 0.182. The molecule has 0 heterocycles. The average molecular weight is 230 g/mol. The minimum absolute atomic E-state index is 0.0484. The lowest BCUT2D eigenvalue weighted by Gasteiger charge is -2.11. The molecule has 0 saturated carbocycles. The second kappa shape index (κ2) is 5.22. The quantitative estimate of drug-likeness (QED) is 0.654. The van der Waals surface area contributed by atoms with Crippen LogP contribution in [0.1, 0.15) is 11.7 Å². The molecule has 0 aliphatic carbocycles. The molecule has 0 spiro atoms. The summed E-state index contributed by atoms with van der Waals surface area (Å²) < 4.78 is 26.3. The zero-order chi connectivity index (χ0) is 11.3. The van der Waals surface area contributed by atoms with Crippen molar-refractivity contribution in [2.45, 2.75) is 6.10 Å². The van der Waals surface area contributed by atoms with Gasteiger partial charge < -0.3 is 5.11 Å². The topological polar surface area (TPSA) is 78.4 Å². The Bertz CT molecular complexity index is 391. The highest BCUT2D eigenvalue weighted by molar-refractivity contribution is 7.87. The van der Waals surface area contributed by atoms with Crippen LogP contribution < -0.4 is 9.44 Å². The molecular formula is C9H14N2O3S. The Labute approximate surface area is 89.3 Å². The van der Waals surface area contributed by atoms with Gasteiger partial charge in [-0.2, -0.15) is 13.1 Å². The van der Waals surface area contributed by atoms with Gasteiger partial charge in [-0.3, -0.25) is 0 Å². The average Bonchev–Trinajstić information content (AvgIpc) is 2.27. The Hall–Kier alpha value is -0.950. The first-order chi connectivity index (χ1) is 7.05. The highest BCUT2D eigenvalue weighted by Gasteiger charge is 2.11. The maximum Gasteiger partial charge on any atom is 0.276 e. The van der Waals surface area contributed by atoms with Gasteiger partial charge in [0.15, 0.2) is 0 Å². The first kappa shape index (κ1) is 12.1. The van der Waals surface area contributed by atoms with E-state index in [1.54, 1.807) is 24.3 Å². The van der Waals surface area contributed by atoms with E-state index in [1.807, 2.05) is 6.07 Å². The van der Waals surface area contributed by atoms with Gasteiger partial charge in [0.1, 0.15) is 0 Å². The van der Waals surface area contributed by atoms with Crippen molar-refractivity contribution in [3.05, 3.63) is 35.9 Å². The largest absolute Gasteiger partial charge is 0.387 e. The molecule has 1 atom stereocenters. The predicted molar refractivity (Wildman–Crippen MR) is 57.4 cm³/mol. The van der Waals surface area contributed by atoms with Gasteiger partial charge in [-0.05, 0) is 5.56 Å². The summed E-state index contributed by atoms with van der Waals surface area (Å²) in [4.78, 5) is 0. The van der Waals surface area contributed by atoms with Crippen LogP contribution in [0.2, 0.25) is 0 Å². The van der Waals surface area contributed by atoms with Crippen LogP contribution in [0.3, 0.4) is 0 Å². The molecule has 1 aromatic rings. The van der Waals surface area contributed by atoms with Crippen molar-refractivity contribution in [3.63, 3.8) is 0 Å². The normalized spacial score (nSPS) is 13.7. The van der Waals surface area contributed by atoms with Crippen LogP contribution in [0.25, 0.3) is 0 Å². The fourth-order valence-electron chi connectivity index (χ4n) is 1.05.